The van der Waals surface area contributed by atoms with Gasteiger partial charge in [0.1, 0.15) is 17.7 Å². The topological polar surface area (TPSA) is 50.8 Å². The molecule has 1 aliphatic rings. The number of aryl methyl sites for hydroxylation is 1. The number of rotatable bonds is 6. The molecule has 1 heterocycles. The molecule has 2 aromatic carbocycles. The molecule has 0 fully saturated rings. The number of imidazole rings is 1. The Bertz CT molecular complexity index is 1220. The Morgan fingerprint density at radius 3 is 2.69 bits per heavy atom. The summed E-state index contributed by atoms with van der Waals surface area (Å²) in [6, 6.07) is 15.5. The summed E-state index contributed by atoms with van der Waals surface area (Å²) in [6.45, 7) is 1.81. The van der Waals surface area contributed by atoms with Gasteiger partial charge < -0.3 is 9.30 Å². The van der Waals surface area contributed by atoms with Crippen LogP contribution in [0.3, 0.4) is 0 Å². The molecule has 4 nitrogen and oxygen atoms in total. The van der Waals surface area contributed by atoms with E-state index in [0.717, 1.165) is 40.6 Å². The van der Waals surface area contributed by atoms with E-state index in [0.29, 0.717) is 6.42 Å². The van der Waals surface area contributed by atoms with Crippen LogP contribution >= 0.6 is 0 Å². The van der Waals surface area contributed by atoms with E-state index in [-0.39, 0.29) is 12.2 Å². The summed E-state index contributed by atoms with van der Waals surface area (Å²) in [7, 11) is 1.85. The number of halogens is 2. The Balaban J connectivity index is 1.73. The van der Waals surface area contributed by atoms with Gasteiger partial charge in [-0.2, -0.15) is 5.26 Å². The van der Waals surface area contributed by atoms with Crippen LogP contribution in [-0.2, 0) is 18.4 Å². The third-order valence-corrected chi connectivity index (χ3v) is 5.82. The van der Waals surface area contributed by atoms with E-state index in [1.54, 1.807) is 12.5 Å². The third kappa shape index (κ3) is 4.25. The standard InChI is InChI=1S/C26H23F2N3O/c1-26(16-29)11-10-19(13-22(26)18-6-4-3-5-7-18)25(24-14-30-17-31(24)2)32-15-20-12-21(27)8-9-23(20)28/h3-10,12-14,17,25H,11,15H2,1-2H3. The monoisotopic (exact) mass is 431 g/mol. The van der Waals surface area contributed by atoms with Gasteiger partial charge in [-0.25, -0.2) is 13.8 Å². The molecule has 1 aromatic heterocycles. The summed E-state index contributed by atoms with van der Waals surface area (Å²) in [6.07, 6.45) is 7.26. The zero-order valence-electron chi connectivity index (χ0n) is 17.9. The van der Waals surface area contributed by atoms with Crippen LogP contribution in [0.15, 0.2) is 78.8 Å². The maximum absolute atomic E-state index is 14.2. The molecule has 0 radical (unpaired) electrons. The van der Waals surface area contributed by atoms with E-state index in [1.165, 1.54) is 0 Å². The summed E-state index contributed by atoms with van der Waals surface area (Å²) < 4.78 is 35.8. The van der Waals surface area contributed by atoms with Crippen LogP contribution in [0.5, 0.6) is 0 Å². The van der Waals surface area contributed by atoms with Crippen molar-refractivity contribution in [2.24, 2.45) is 12.5 Å². The summed E-state index contributed by atoms with van der Waals surface area (Å²) in [5.74, 6) is -1.04. The van der Waals surface area contributed by atoms with E-state index < -0.39 is 23.2 Å². The fraction of sp³-hybridized carbons (Fsp3) is 0.231. The van der Waals surface area contributed by atoms with Gasteiger partial charge in [0.15, 0.2) is 0 Å². The second-order valence-corrected chi connectivity index (χ2v) is 8.13. The Morgan fingerprint density at radius 1 is 1.22 bits per heavy atom. The molecule has 0 aliphatic heterocycles. The molecule has 2 atom stereocenters. The molecular formula is C26H23F2N3O. The largest absolute Gasteiger partial charge is 0.362 e. The van der Waals surface area contributed by atoms with Gasteiger partial charge in [-0.15, -0.1) is 0 Å². The van der Waals surface area contributed by atoms with Crippen LogP contribution < -0.4 is 0 Å². The van der Waals surface area contributed by atoms with Crippen LogP contribution in [0.1, 0.15) is 36.3 Å². The maximum Gasteiger partial charge on any atom is 0.128 e. The molecule has 4 rings (SSSR count). The van der Waals surface area contributed by atoms with Crippen molar-refractivity contribution >= 4 is 5.57 Å². The Hall–Kier alpha value is -3.56. The van der Waals surface area contributed by atoms with Crippen molar-refractivity contribution in [1.82, 2.24) is 9.55 Å². The predicted octanol–water partition coefficient (Wildman–Crippen LogP) is 5.90. The third-order valence-electron chi connectivity index (χ3n) is 5.82. The molecule has 1 aliphatic carbocycles. The van der Waals surface area contributed by atoms with Crippen molar-refractivity contribution in [2.45, 2.75) is 26.1 Å². The molecule has 162 valence electrons. The van der Waals surface area contributed by atoms with Gasteiger partial charge in [0, 0.05) is 12.6 Å². The molecular weight excluding hydrogens is 408 g/mol. The predicted molar refractivity (Wildman–Crippen MR) is 118 cm³/mol. The summed E-state index contributed by atoms with van der Waals surface area (Å²) >= 11 is 0. The minimum Gasteiger partial charge on any atom is -0.362 e. The minimum atomic E-state index is -0.684. The average molecular weight is 431 g/mol. The number of nitrogens with zero attached hydrogens (tertiary/aromatic N) is 3. The Morgan fingerprint density at radius 2 is 2.00 bits per heavy atom. The van der Waals surface area contributed by atoms with Crippen LogP contribution in [0.2, 0.25) is 0 Å². The number of hydrogen-bond donors (Lipinski definition) is 0. The molecule has 0 saturated heterocycles. The second kappa shape index (κ2) is 8.89. The number of benzene rings is 2. The molecule has 2 unspecified atom stereocenters. The Kier molecular flexibility index (Phi) is 6.02. The highest BCUT2D eigenvalue weighted by Gasteiger charge is 2.34. The highest BCUT2D eigenvalue weighted by atomic mass is 19.1. The van der Waals surface area contributed by atoms with Crippen molar-refractivity contribution in [2.75, 3.05) is 0 Å². The first kappa shape index (κ1) is 21.7. The van der Waals surface area contributed by atoms with E-state index in [2.05, 4.69) is 11.1 Å². The quantitative estimate of drug-likeness (QED) is 0.488. The SMILES string of the molecule is Cn1cncc1C(OCc1cc(F)ccc1F)C1=CCC(C)(C#N)C(c2ccccc2)=C1. The number of allylic oxidation sites excluding steroid dienone is 2. The molecule has 0 spiro atoms. The number of nitriles is 1. The van der Waals surface area contributed by atoms with Crippen molar-refractivity contribution in [3.63, 3.8) is 0 Å². The lowest BCUT2D eigenvalue weighted by molar-refractivity contribution is 0.0593. The average Bonchev–Trinajstić information content (AvgIpc) is 3.23. The van der Waals surface area contributed by atoms with Crippen molar-refractivity contribution in [3.05, 3.63) is 107 Å². The van der Waals surface area contributed by atoms with E-state index in [4.69, 9.17) is 4.74 Å². The molecule has 32 heavy (non-hydrogen) atoms. The second-order valence-electron chi connectivity index (χ2n) is 8.13. The van der Waals surface area contributed by atoms with Crippen molar-refractivity contribution < 1.29 is 13.5 Å². The van der Waals surface area contributed by atoms with Crippen LogP contribution in [0.4, 0.5) is 8.78 Å². The van der Waals surface area contributed by atoms with Gasteiger partial charge in [0.25, 0.3) is 0 Å². The highest BCUT2D eigenvalue weighted by molar-refractivity contribution is 5.76. The first-order valence-electron chi connectivity index (χ1n) is 10.3. The zero-order valence-corrected chi connectivity index (χ0v) is 17.9. The fourth-order valence-electron chi connectivity index (χ4n) is 3.92. The van der Waals surface area contributed by atoms with E-state index in [1.807, 2.05) is 61.0 Å². The molecule has 0 amide bonds. The lowest BCUT2D eigenvalue weighted by Gasteiger charge is -2.31. The normalized spacial score (nSPS) is 19.1. The summed E-state index contributed by atoms with van der Waals surface area (Å²) in [5.41, 5.74) is 2.93. The van der Waals surface area contributed by atoms with Crippen molar-refractivity contribution in [3.8, 4) is 6.07 Å². The highest BCUT2D eigenvalue weighted by Crippen LogP contribution is 2.44. The van der Waals surface area contributed by atoms with Gasteiger partial charge >= 0.3 is 0 Å². The first-order chi connectivity index (χ1) is 15.4. The van der Waals surface area contributed by atoms with Crippen LogP contribution in [-0.4, -0.2) is 9.55 Å². The number of aromatic nitrogens is 2. The first-order valence-corrected chi connectivity index (χ1v) is 10.3. The Labute approximate surface area is 186 Å². The van der Waals surface area contributed by atoms with Gasteiger partial charge in [0.2, 0.25) is 0 Å². The van der Waals surface area contributed by atoms with Crippen LogP contribution in [0, 0.1) is 28.4 Å². The van der Waals surface area contributed by atoms with Crippen LogP contribution in [0.25, 0.3) is 5.57 Å². The molecule has 0 N–H and O–H groups in total. The lowest BCUT2D eigenvalue weighted by atomic mass is 9.72. The summed E-state index contributed by atoms with van der Waals surface area (Å²) in [4.78, 5) is 4.19. The van der Waals surface area contributed by atoms with Gasteiger partial charge in [-0.1, -0.05) is 42.5 Å². The minimum absolute atomic E-state index is 0.110. The van der Waals surface area contributed by atoms with Gasteiger partial charge in [0.05, 0.1) is 36.3 Å². The smallest absolute Gasteiger partial charge is 0.128 e. The summed E-state index contributed by atoms with van der Waals surface area (Å²) in [5, 5.41) is 9.90. The van der Waals surface area contributed by atoms with Gasteiger partial charge in [-0.05, 0) is 48.3 Å². The molecule has 3 aromatic rings. The van der Waals surface area contributed by atoms with E-state index >= 15 is 0 Å². The zero-order chi connectivity index (χ0) is 22.7. The molecule has 6 heteroatoms. The van der Waals surface area contributed by atoms with E-state index in [9.17, 15) is 14.0 Å². The number of hydrogen-bond acceptors (Lipinski definition) is 3. The number of ether oxygens (including phenoxy) is 1. The maximum atomic E-state index is 14.2. The lowest BCUT2D eigenvalue weighted by Crippen LogP contribution is -2.21. The van der Waals surface area contributed by atoms with Gasteiger partial charge in [-0.3, -0.25) is 0 Å². The molecule has 0 bridgehead atoms. The van der Waals surface area contributed by atoms with Crippen molar-refractivity contribution in [1.29, 1.82) is 5.26 Å². The molecule has 0 saturated carbocycles. The fourth-order valence-corrected chi connectivity index (χ4v) is 3.92.